The van der Waals surface area contributed by atoms with Gasteiger partial charge < -0.3 is 10.2 Å². The molecule has 6 nitrogen and oxygen atoms in total. The molecule has 0 saturated carbocycles. The number of sulfone groups is 1. The van der Waals surface area contributed by atoms with Gasteiger partial charge in [0, 0.05) is 12.1 Å². The molecule has 1 fully saturated rings. The summed E-state index contributed by atoms with van der Waals surface area (Å²) >= 11 is 5.79. The average molecular weight is 440 g/mol. The van der Waals surface area contributed by atoms with Gasteiger partial charge in [0.05, 0.1) is 15.7 Å². The number of hydrogen-bond acceptors (Lipinski definition) is 5. The van der Waals surface area contributed by atoms with E-state index in [4.69, 9.17) is 11.6 Å². The number of aromatic nitrogens is 1. The van der Waals surface area contributed by atoms with Crippen LogP contribution in [0.4, 0.5) is 10.2 Å². The van der Waals surface area contributed by atoms with E-state index in [1.807, 2.05) is 0 Å². The van der Waals surface area contributed by atoms with E-state index in [1.165, 1.54) is 18.3 Å². The van der Waals surface area contributed by atoms with E-state index in [9.17, 15) is 17.6 Å². The molecule has 2 aromatic rings. The molecule has 1 N–H and O–H groups in total. The second-order valence-corrected chi connectivity index (χ2v) is 9.64. The number of anilines is 1. The third-order valence-corrected chi connectivity index (χ3v) is 7.04. The van der Waals surface area contributed by atoms with Crippen LogP contribution in [0.15, 0.2) is 47.5 Å². The Labute approximate surface area is 175 Å². The lowest BCUT2D eigenvalue weighted by Gasteiger charge is -2.31. The molecule has 1 aliphatic heterocycles. The predicted molar refractivity (Wildman–Crippen MR) is 110 cm³/mol. The minimum atomic E-state index is -3.41. The maximum Gasteiger partial charge on any atom is 0.228 e. The van der Waals surface area contributed by atoms with Gasteiger partial charge in [-0.3, -0.25) is 4.79 Å². The molecule has 0 aliphatic carbocycles. The van der Waals surface area contributed by atoms with Gasteiger partial charge in [0.2, 0.25) is 5.91 Å². The van der Waals surface area contributed by atoms with Crippen LogP contribution in [0.3, 0.4) is 0 Å². The van der Waals surface area contributed by atoms with Crippen molar-refractivity contribution < 1.29 is 17.6 Å². The Bertz CT molecular complexity index is 928. The van der Waals surface area contributed by atoms with Crippen molar-refractivity contribution in [3.63, 3.8) is 0 Å². The summed E-state index contributed by atoms with van der Waals surface area (Å²) in [4.78, 5) is 18.8. The molecular formula is C20H23ClFN3O3S. The van der Waals surface area contributed by atoms with Crippen LogP contribution < -0.4 is 5.32 Å². The van der Waals surface area contributed by atoms with Crippen LogP contribution in [-0.2, 0) is 14.6 Å². The molecule has 156 valence electrons. The number of nitrogens with one attached hydrogen (secondary N) is 1. The zero-order chi connectivity index (χ0) is 20.9. The number of pyridine rings is 1. The lowest BCUT2D eigenvalue weighted by atomic mass is 9.96. The van der Waals surface area contributed by atoms with Gasteiger partial charge in [0.1, 0.15) is 11.6 Å². The normalized spacial score (nSPS) is 15.9. The zero-order valence-corrected chi connectivity index (χ0v) is 17.4. The predicted octanol–water partition coefficient (Wildman–Crippen LogP) is 3.39. The van der Waals surface area contributed by atoms with Gasteiger partial charge in [0.25, 0.3) is 0 Å². The summed E-state index contributed by atoms with van der Waals surface area (Å²) in [5, 5.41) is 3.32. The fourth-order valence-corrected chi connectivity index (χ4v) is 4.74. The Morgan fingerprint density at radius 3 is 2.48 bits per heavy atom. The van der Waals surface area contributed by atoms with E-state index in [-0.39, 0.29) is 22.5 Å². The summed E-state index contributed by atoms with van der Waals surface area (Å²) < 4.78 is 37.6. The maximum absolute atomic E-state index is 13.0. The Hall–Kier alpha value is -2.03. The molecule has 0 bridgehead atoms. The Kier molecular flexibility index (Phi) is 7.21. The minimum absolute atomic E-state index is 0.0152. The van der Waals surface area contributed by atoms with E-state index < -0.39 is 15.7 Å². The molecule has 0 atom stereocenters. The number of benzene rings is 1. The van der Waals surface area contributed by atoms with Crippen LogP contribution in [0.25, 0.3) is 0 Å². The number of likely N-dealkylation sites (tertiary alicyclic amines) is 1. The number of nitrogens with zero attached hydrogens (tertiary/aromatic N) is 2. The first-order valence-corrected chi connectivity index (χ1v) is 11.5. The molecular weight excluding hydrogens is 417 g/mol. The zero-order valence-electron chi connectivity index (χ0n) is 15.9. The van der Waals surface area contributed by atoms with Crippen LogP contribution in [-0.4, -0.2) is 49.6 Å². The van der Waals surface area contributed by atoms with E-state index in [1.54, 1.807) is 12.1 Å². The van der Waals surface area contributed by atoms with Gasteiger partial charge in [-0.15, -0.1) is 0 Å². The number of amides is 1. The Balaban J connectivity index is 1.41. The SMILES string of the molecule is O=C(Nc1ccc(Cl)cn1)C1CCN(CCCS(=O)(=O)c2ccc(F)cc2)CC1. The maximum atomic E-state index is 13.0. The lowest BCUT2D eigenvalue weighted by Crippen LogP contribution is -2.39. The summed E-state index contributed by atoms with van der Waals surface area (Å²) in [6.07, 6.45) is 3.40. The molecule has 1 aromatic carbocycles. The summed E-state index contributed by atoms with van der Waals surface area (Å²) in [7, 11) is -3.41. The van der Waals surface area contributed by atoms with Gasteiger partial charge in [-0.05, 0) is 75.3 Å². The summed E-state index contributed by atoms with van der Waals surface area (Å²) in [5.41, 5.74) is 0. The smallest absolute Gasteiger partial charge is 0.228 e. The molecule has 1 amide bonds. The van der Waals surface area contributed by atoms with Crippen LogP contribution in [0.2, 0.25) is 5.02 Å². The molecule has 3 rings (SSSR count). The van der Waals surface area contributed by atoms with Crippen LogP contribution in [0, 0.1) is 11.7 Å². The first-order valence-electron chi connectivity index (χ1n) is 9.46. The lowest BCUT2D eigenvalue weighted by molar-refractivity contribution is -0.121. The van der Waals surface area contributed by atoms with Gasteiger partial charge in [0.15, 0.2) is 9.84 Å². The van der Waals surface area contributed by atoms with Gasteiger partial charge in [-0.25, -0.2) is 17.8 Å². The molecule has 1 aromatic heterocycles. The number of hydrogen-bond donors (Lipinski definition) is 1. The number of carbonyl (C=O) groups excluding carboxylic acids is 1. The highest BCUT2D eigenvalue weighted by molar-refractivity contribution is 7.91. The first-order chi connectivity index (χ1) is 13.8. The van der Waals surface area contributed by atoms with Crippen LogP contribution in [0.5, 0.6) is 0 Å². The van der Waals surface area contributed by atoms with Crippen molar-refractivity contribution in [2.24, 2.45) is 5.92 Å². The van der Waals surface area contributed by atoms with Crippen molar-refractivity contribution in [3.05, 3.63) is 53.4 Å². The molecule has 1 saturated heterocycles. The number of halogens is 2. The van der Waals surface area contributed by atoms with Gasteiger partial charge in [-0.1, -0.05) is 11.6 Å². The molecule has 9 heteroatoms. The fraction of sp³-hybridized carbons (Fsp3) is 0.400. The number of rotatable bonds is 7. The van der Waals surface area contributed by atoms with Crippen LogP contribution in [0.1, 0.15) is 19.3 Å². The van der Waals surface area contributed by atoms with Crippen molar-refractivity contribution in [3.8, 4) is 0 Å². The molecule has 29 heavy (non-hydrogen) atoms. The van der Waals surface area contributed by atoms with Crippen molar-refractivity contribution in [1.82, 2.24) is 9.88 Å². The van der Waals surface area contributed by atoms with Crippen molar-refractivity contribution >= 4 is 33.2 Å². The molecule has 0 unspecified atom stereocenters. The van der Waals surface area contributed by atoms with E-state index in [0.29, 0.717) is 36.6 Å². The largest absolute Gasteiger partial charge is 0.310 e. The highest BCUT2D eigenvalue weighted by Crippen LogP contribution is 2.20. The minimum Gasteiger partial charge on any atom is -0.310 e. The highest BCUT2D eigenvalue weighted by Gasteiger charge is 2.25. The second kappa shape index (κ2) is 9.65. The second-order valence-electron chi connectivity index (χ2n) is 7.09. The molecule has 0 spiro atoms. The quantitative estimate of drug-likeness (QED) is 0.669. The van der Waals surface area contributed by atoms with Crippen LogP contribution >= 0.6 is 11.6 Å². The molecule has 0 radical (unpaired) electrons. The first kappa shape index (κ1) is 21.7. The fourth-order valence-electron chi connectivity index (χ4n) is 3.33. The Morgan fingerprint density at radius 2 is 1.86 bits per heavy atom. The summed E-state index contributed by atoms with van der Waals surface area (Å²) in [6.45, 7) is 2.12. The highest BCUT2D eigenvalue weighted by atomic mass is 35.5. The number of piperidine rings is 1. The average Bonchev–Trinajstić information content (AvgIpc) is 2.70. The third-order valence-electron chi connectivity index (χ3n) is 5.00. The molecule has 1 aliphatic rings. The Morgan fingerprint density at radius 1 is 1.17 bits per heavy atom. The van der Waals surface area contributed by atoms with Crippen molar-refractivity contribution in [1.29, 1.82) is 0 Å². The summed E-state index contributed by atoms with van der Waals surface area (Å²) in [6, 6.07) is 8.24. The van der Waals surface area contributed by atoms with E-state index in [2.05, 4.69) is 15.2 Å². The molecule has 2 heterocycles. The van der Waals surface area contributed by atoms with E-state index >= 15 is 0 Å². The monoisotopic (exact) mass is 439 g/mol. The standard InChI is InChI=1S/C20H23ClFN3O3S/c21-16-2-7-19(23-14-16)24-20(26)15-8-11-25(12-9-15)10-1-13-29(27,28)18-5-3-17(22)4-6-18/h2-7,14-15H,1,8-13H2,(H,23,24,26). The number of carbonyl (C=O) groups is 1. The van der Waals surface area contributed by atoms with E-state index in [0.717, 1.165) is 25.2 Å². The topological polar surface area (TPSA) is 79.4 Å². The summed E-state index contributed by atoms with van der Waals surface area (Å²) in [5.74, 6) is -0.109. The van der Waals surface area contributed by atoms with Gasteiger partial charge in [-0.2, -0.15) is 0 Å². The van der Waals surface area contributed by atoms with Crippen molar-refractivity contribution in [2.45, 2.75) is 24.2 Å². The van der Waals surface area contributed by atoms with Gasteiger partial charge >= 0.3 is 0 Å². The van der Waals surface area contributed by atoms with Crippen molar-refractivity contribution in [2.75, 3.05) is 30.7 Å². The third kappa shape index (κ3) is 6.22.